The number of amides is 2. The van der Waals surface area contributed by atoms with Gasteiger partial charge in [-0.25, -0.2) is 4.79 Å². The summed E-state index contributed by atoms with van der Waals surface area (Å²) in [6.45, 7) is 3.39. The van der Waals surface area contributed by atoms with Crippen LogP contribution in [0.15, 0.2) is 101 Å². The van der Waals surface area contributed by atoms with Gasteiger partial charge in [-0.1, -0.05) is 54.6 Å². The molecule has 2 aliphatic heterocycles. The zero-order valence-corrected chi connectivity index (χ0v) is 19.6. The molecule has 8 heteroatoms. The lowest BCUT2D eigenvalue weighted by Gasteiger charge is -2.21. The van der Waals surface area contributed by atoms with E-state index in [1.165, 1.54) is 16.1 Å². The van der Waals surface area contributed by atoms with E-state index in [0.717, 1.165) is 0 Å². The van der Waals surface area contributed by atoms with E-state index in [2.05, 4.69) is 10.2 Å². The maximum Gasteiger partial charge on any atom is 0.336 e. The number of rotatable bonds is 5. The Bertz CT molecular complexity index is 1480. The van der Waals surface area contributed by atoms with Crippen LogP contribution in [0.3, 0.4) is 0 Å². The van der Waals surface area contributed by atoms with Crippen molar-refractivity contribution in [1.29, 1.82) is 0 Å². The molecule has 0 radical (unpaired) electrons. The Balaban J connectivity index is 1.72. The fourth-order valence-electron chi connectivity index (χ4n) is 4.55. The summed E-state index contributed by atoms with van der Waals surface area (Å²) in [6, 6.07) is 24.3. The average molecular weight is 479 g/mol. The van der Waals surface area contributed by atoms with Crippen molar-refractivity contribution >= 4 is 46.2 Å². The van der Waals surface area contributed by atoms with Gasteiger partial charge < -0.3 is 5.11 Å². The molecule has 3 aromatic rings. The van der Waals surface area contributed by atoms with E-state index in [1.54, 1.807) is 80.6 Å². The van der Waals surface area contributed by atoms with Crippen LogP contribution in [0.2, 0.25) is 0 Å². The maximum absolute atomic E-state index is 13.8. The number of aromatic carboxylic acids is 1. The van der Waals surface area contributed by atoms with E-state index in [4.69, 9.17) is 0 Å². The normalized spacial score (nSPS) is 18.9. The van der Waals surface area contributed by atoms with Gasteiger partial charge in [-0.05, 0) is 55.3 Å². The first kappa shape index (κ1) is 22.9. The Kier molecular flexibility index (Phi) is 5.77. The first-order chi connectivity index (χ1) is 17.4. The Hall–Kier alpha value is -4.85. The molecule has 3 aromatic carbocycles. The van der Waals surface area contributed by atoms with Crippen molar-refractivity contribution in [3.8, 4) is 0 Å². The molecule has 2 amide bonds. The smallest absolute Gasteiger partial charge is 0.336 e. The molecular weight excluding hydrogens is 456 g/mol. The lowest BCUT2D eigenvalue weighted by Crippen LogP contribution is -2.31. The van der Waals surface area contributed by atoms with E-state index in [1.807, 2.05) is 12.1 Å². The zero-order chi connectivity index (χ0) is 25.4. The SMILES string of the molecule is CC1=NN(c2ccccc2)C(=O)/C1=C(/c1ccccc1C(=O)O)[C@H]1C(=O)N(c2ccccc2)N=C1C. The van der Waals surface area contributed by atoms with Gasteiger partial charge in [-0.3, -0.25) is 9.59 Å². The molecule has 0 saturated heterocycles. The van der Waals surface area contributed by atoms with Gasteiger partial charge in [0.25, 0.3) is 11.8 Å². The van der Waals surface area contributed by atoms with Crippen LogP contribution >= 0.6 is 0 Å². The third kappa shape index (κ3) is 3.78. The number of carboxylic acids is 1. The predicted molar refractivity (Wildman–Crippen MR) is 138 cm³/mol. The number of carbonyl (C=O) groups excluding carboxylic acids is 2. The van der Waals surface area contributed by atoms with Gasteiger partial charge in [0.2, 0.25) is 0 Å². The lowest BCUT2D eigenvalue weighted by atomic mass is 9.82. The molecule has 178 valence electrons. The fourth-order valence-corrected chi connectivity index (χ4v) is 4.55. The molecule has 36 heavy (non-hydrogen) atoms. The lowest BCUT2D eigenvalue weighted by molar-refractivity contribution is -0.118. The van der Waals surface area contributed by atoms with Crippen LogP contribution < -0.4 is 10.0 Å². The summed E-state index contributed by atoms with van der Waals surface area (Å²) < 4.78 is 0. The quantitative estimate of drug-likeness (QED) is 0.542. The molecule has 0 fully saturated rings. The highest BCUT2D eigenvalue weighted by Crippen LogP contribution is 2.39. The average Bonchev–Trinajstić information content (AvgIpc) is 3.36. The Labute approximate surface area is 207 Å². The van der Waals surface area contributed by atoms with E-state index in [0.29, 0.717) is 22.8 Å². The second kappa shape index (κ2) is 9.07. The Morgan fingerprint density at radius 1 is 0.750 bits per heavy atom. The monoisotopic (exact) mass is 478 g/mol. The Morgan fingerprint density at radius 3 is 1.86 bits per heavy atom. The van der Waals surface area contributed by atoms with Crippen LogP contribution in [0.4, 0.5) is 11.4 Å². The van der Waals surface area contributed by atoms with Gasteiger partial charge in [-0.15, -0.1) is 0 Å². The molecule has 0 unspecified atom stereocenters. The minimum Gasteiger partial charge on any atom is -0.478 e. The third-order valence-corrected chi connectivity index (χ3v) is 6.16. The summed E-state index contributed by atoms with van der Waals surface area (Å²) in [5, 5.41) is 21.5. The van der Waals surface area contributed by atoms with Crippen molar-refractivity contribution in [3.63, 3.8) is 0 Å². The summed E-state index contributed by atoms with van der Waals surface area (Å²) in [6.07, 6.45) is 0. The highest BCUT2D eigenvalue weighted by molar-refractivity contribution is 6.37. The van der Waals surface area contributed by atoms with Crippen molar-refractivity contribution < 1.29 is 19.5 Å². The topological polar surface area (TPSA) is 103 Å². The fraction of sp³-hybridized carbons (Fsp3) is 0.107. The van der Waals surface area contributed by atoms with Crippen molar-refractivity contribution in [2.24, 2.45) is 16.1 Å². The van der Waals surface area contributed by atoms with E-state index in [-0.39, 0.29) is 28.2 Å². The van der Waals surface area contributed by atoms with Gasteiger partial charge >= 0.3 is 5.97 Å². The van der Waals surface area contributed by atoms with Crippen LogP contribution in [0.25, 0.3) is 5.57 Å². The molecule has 0 aromatic heterocycles. The van der Waals surface area contributed by atoms with Crippen LogP contribution in [0.1, 0.15) is 29.8 Å². The molecule has 0 bridgehead atoms. The predicted octanol–water partition coefficient (Wildman–Crippen LogP) is 4.60. The number of para-hydroxylation sites is 2. The molecule has 0 spiro atoms. The summed E-state index contributed by atoms with van der Waals surface area (Å²) in [4.78, 5) is 39.8. The standard InChI is InChI=1S/C28H22N4O4/c1-17-23(26(33)31(29-17)19-11-5-3-6-12-19)25(21-15-9-10-16-22(21)28(35)36)24-18(2)30-32(27(24)34)20-13-7-4-8-14-20/h3-16,23H,1-2H3,(H,35,36)/b25-24-/t23-/m0/s1. The van der Waals surface area contributed by atoms with Crippen LogP contribution in [0.5, 0.6) is 0 Å². The summed E-state index contributed by atoms with van der Waals surface area (Å²) in [5.74, 6) is -2.94. The molecule has 1 atom stereocenters. The van der Waals surface area contributed by atoms with Crippen molar-refractivity contribution in [2.45, 2.75) is 13.8 Å². The van der Waals surface area contributed by atoms with Crippen LogP contribution in [-0.4, -0.2) is 34.3 Å². The van der Waals surface area contributed by atoms with Gasteiger partial charge in [0.1, 0.15) is 5.92 Å². The largest absolute Gasteiger partial charge is 0.478 e. The number of nitrogens with zero attached hydrogens (tertiary/aromatic N) is 4. The highest BCUT2D eigenvalue weighted by atomic mass is 16.4. The van der Waals surface area contributed by atoms with Crippen molar-refractivity contribution in [2.75, 3.05) is 10.0 Å². The summed E-state index contributed by atoms with van der Waals surface area (Å²) in [5.41, 5.74) is 2.71. The zero-order valence-electron chi connectivity index (χ0n) is 19.6. The highest BCUT2D eigenvalue weighted by Gasteiger charge is 2.43. The van der Waals surface area contributed by atoms with Gasteiger partial charge in [0.05, 0.1) is 33.9 Å². The number of anilines is 2. The number of benzene rings is 3. The van der Waals surface area contributed by atoms with Gasteiger partial charge in [0.15, 0.2) is 0 Å². The number of hydrogen-bond acceptors (Lipinski definition) is 5. The van der Waals surface area contributed by atoms with Gasteiger partial charge in [-0.2, -0.15) is 20.2 Å². The molecule has 0 aliphatic carbocycles. The van der Waals surface area contributed by atoms with E-state index >= 15 is 0 Å². The molecular formula is C28H22N4O4. The first-order valence-electron chi connectivity index (χ1n) is 11.3. The second-order valence-corrected chi connectivity index (χ2v) is 8.44. The molecule has 5 rings (SSSR count). The maximum atomic E-state index is 13.8. The molecule has 2 aliphatic rings. The second-order valence-electron chi connectivity index (χ2n) is 8.44. The summed E-state index contributed by atoms with van der Waals surface area (Å²) in [7, 11) is 0. The molecule has 2 heterocycles. The first-order valence-corrected chi connectivity index (χ1v) is 11.3. The molecule has 0 saturated carbocycles. The number of carboxylic acid groups (broad SMARTS) is 1. The van der Waals surface area contributed by atoms with E-state index in [9.17, 15) is 19.5 Å². The van der Waals surface area contributed by atoms with Crippen LogP contribution in [0, 0.1) is 5.92 Å². The number of carbonyl (C=O) groups is 3. The van der Waals surface area contributed by atoms with Gasteiger partial charge in [0, 0.05) is 0 Å². The Morgan fingerprint density at radius 2 is 1.28 bits per heavy atom. The van der Waals surface area contributed by atoms with E-state index < -0.39 is 17.8 Å². The molecule has 1 N–H and O–H groups in total. The van der Waals surface area contributed by atoms with Crippen molar-refractivity contribution in [3.05, 3.63) is 102 Å². The minimum atomic E-state index is -1.16. The summed E-state index contributed by atoms with van der Waals surface area (Å²) >= 11 is 0. The molecule has 8 nitrogen and oxygen atoms in total. The third-order valence-electron chi connectivity index (χ3n) is 6.16. The van der Waals surface area contributed by atoms with Crippen molar-refractivity contribution in [1.82, 2.24) is 0 Å². The van der Waals surface area contributed by atoms with Crippen LogP contribution in [-0.2, 0) is 9.59 Å². The number of hydrogen-bond donors (Lipinski definition) is 1. The minimum absolute atomic E-state index is 0.0162. The number of hydrazone groups is 2.